The molecule has 0 saturated carbocycles. The van der Waals surface area contributed by atoms with Gasteiger partial charge >= 0.3 is 0 Å². The normalized spacial score (nSPS) is 11.7. The second-order valence-corrected chi connectivity index (χ2v) is 5.39. The number of amides is 1. The Kier molecular flexibility index (Phi) is 6.63. The Balaban J connectivity index is 1.96. The second kappa shape index (κ2) is 8.96. The summed E-state index contributed by atoms with van der Waals surface area (Å²) in [5.74, 6) is 0.652. The van der Waals surface area contributed by atoms with Crippen LogP contribution < -0.4 is 10.1 Å². The molecular weight excluding hydrogens is 290 g/mol. The molecule has 1 amide bonds. The molecule has 0 fully saturated rings. The predicted molar refractivity (Wildman–Crippen MR) is 90.3 cm³/mol. The van der Waals surface area contributed by atoms with E-state index in [2.05, 4.69) is 12.2 Å². The molecule has 0 radical (unpaired) electrons. The summed E-state index contributed by atoms with van der Waals surface area (Å²) in [5.41, 5.74) is 1.78. The number of carbonyl (C=O) groups excluding carboxylic acids is 1. The molecule has 0 heterocycles. The molecule has 1 atom stereocenters. The van der Waals surface area contributed by atoms with Crippen LogP contribution in [0.15, 0.2) is 54.6 Å². The molecule has 0 aliphatic rings. The van der Waals surface area contributed by atoms with Gasteiger partial charge in [0.15, 0.2) is 0 Å². The SMILES string of the molecule is CCCOc1cccc(CC(=O)N[C@H](CO)c2ccccc2)c1. The number of carbonyl (C=O) groups is 1. The van der Waals surface area contributed by atoms with Gasteiger partial charge in [0.05, 0.1) is 25.7 Å². The average Bonchev–Trinajstić information content (AvgIpc) is 2.59. The van der Waals surface area contributed by atoms with Gasteiger partial charge in [0.1, 0.15) is 5.75 Å². The maximum atomic E-state index is 12.2. The van der Waals surface area contributed by atoms with Crippen molar-refractivity contribution in [1.82, 2.24) is 5.32 Å². The van der Waals surface area contributed by atoms with Crippen molar-refractivity contribution >= 4 is 5.91 Å². The Morgan fingerprint density at radius 2 is 1.96 bits per heavy atom. The highest BCUT2D eigenvalue weighted by atomic mass is 16.5. The second-order valence-electron chi connectivity index (χ2n) is 5.39. The van der Waals surface area contributed by atoms with Gasteiger partial charge in [-0.25, -0.2) is 0 Å². The highest BCUT2D eigenvalue weighted by Gasteiger charge is 2.13. The Morgan fingerprint density at radius 3 is 2.65 bits per heavy atom. The fraction of sp³-hybridized carbons (Fsp3) is 0.316. The van der Waals surface area contributed by atoms with Crippen LogP contribution in [0.3, 0.4) is 0 Å². The van der Waals surface area contributed by atoms with Crippen molar-refractivity contribution in [2.45, 2.75) is 25.8 Å². The van der Waals surface area contributed by atoms with Gasteiger partial charge < -0.3 is 15.2 Å². The van der Waals surface area contributed by atoms with Crippen LogP contribution in [0.1, 0.15) is 30.5 Å². The van der Waals surface area contributed by atoms with Crippen LogP contribution in [0.25, 0.3) is 0 Å². The van der Waals surface area contributed by atoms with Crippen LogP contribution in [0.5, 0.6) is 5.75 Å². The van der Waals surface area contributed by atoms with Crippen molar-refractivity contribution in [3.63, 3.8) is 0 Å². The molecule has 2 aromatic rings. The summed E-state index contributed by atoms with van der Waals surface area (Å²) in [7, 11) is 0. The standard InChI is InChI=1S/C19H23NO3/c1-2-11-23-17-10-6-7-15(12-17)13-19(22)20-18(14-21)16-8-4-3-5-9-16/h3-10,12,18,21H,2,11,13-14H2,1H3,(H,20,22)/t18-/m1/s1. The summed E-state index contributed by atoms with van der Waals surface area (Å²) >= 11 is 0. The van der Waals surface area contributed by atoms with Crippen LogP contribution in [0.4, 0.5) is 0 Å². The summed E-state index contributed by atoms with van der Waals surface area (Å²) < 4.78 is 5.58. The van der Waals surface area contributed by atoms with E-state index in [0.29, 0.717) is 6.61 Å². The molecule has 23 heavy (non-hydrogen) atoms. The van der Waals surface area contributed by atoms with Crippen molar-refractivity contribution in [1.29, 1.82) is 0 Å². The lowest BCUT2D eigenvalue weighted by Gasteiger charge is -2.17. The van der Waals surface area contributed by atoms with Gasteiger partial charge in [0, 0.05) is 0 Å². The lowest BCUT2D eigenvalue weighted by atomic mass is 10.1. The predicted octanol–water partition coefficient (Wildman–Crippen LogP) is 2.87. The maximum Gasteiger partial charge on any atom is 0.224 e. The fourth-order valence-electron chi connectivity index (χ4n) is 2.32. The van der Waals surface area contributed by atoms with E-state index in [9.17, 15) is 9.90 Å². The lowest BCUT2D eigenvalue weighted by molar-refractivity contribution is -0.121. The molecule has 4 heteroatoms. The van der Waals surface area contributed by atoms with Crippen molar-refractivity contribution in [3.8, 4) is 5.75 Å². The maximum absolute atomic E-state index is 12.2. The number of ether oxygens (including phenoxy) is 1. The molecule has 0 aromatic heterocycles. The molecule has 0 spiro atoms. The van der Waals surface area contributed by atoms with Crippen LogP contribution in [-0.2, 0) is 11.2 Å². The van der Waals surface area contributed by atoms with E-state index in [1.807, 2.05) is 54.6 Å². The van der Waals surface area contributed by atoms with Crippen molar-refractivity contribution in [2.24, 2.45) is 0 Å². The molecule has 4 nitrogen and oxygen atoms in total. The van der Waals surface area contributed by atoms with Crippen LogP contribution in [-0.4, -0.2) is 24.2 Å². The molecule has 0 unspecified atom stereocenters. The summed E-state index contributed by atoms with van der Waals surface area (Å²) in [5, 5.41) is 12.4. The van der Waals surface area contributed by atoms with Crippen molar-refractivity contribution < 1.29 is 14.6 Å². The first-order valence-corrected chi connectivity index (χ1v) is 7.90. The molecule has 2 aromatic carbocycles. The van der Waals surface area contributed by atoms with Crippen LogP contribution in [0, 0.1) is 0 Å². The zero-order valence-corrected chi connectivity index (χ0v) is 13.4. The molecule has 0 aliphatic carbocycles. The summed E-state index contributed by atoms with van der Waals surface area (Å²) in [6, 6.07) is 16.6. The fourth-order valence-corrected chi connectivity index (χ4v) is 2.32. The molecule has 122 valence electrons. The molecular formula is C19H23NO3. The topological polar surface area (TPSA) is 58.6 Å². The van der Waals surface area contributed by atoms with Gasteiger partial charge in [-0.2, -0.15) is 0 Å². The first kappa shape index (κ1) is 17.0. The zero-order valence-electron chi connectivity index (χ0n) is 13.4. The van der Waals surface area contributed by atoms with Gasteiger partial charge in [-0.15, -0.1) is 0 Å². The minimum Gasteiger partial charge on any atom is -0.494 e. The van der Waals surface area contributed by atoms with Gasteiger partial charge in [-0.3, -0.25) is 4.79 Å². The Bertz CT molecular complexity index is 613. The number of aliphatic hydroxyl groups is 1. The quantitative estimate of drug-likeness (QED) is 0.788. The molecule has 0 bridgehead atoms. The van der Waals surface area contributed by atoms with Crippen molar-refractivity contribution in [2.75, 3.05) is 13.2 Å². The number of aliphatic hydroxyl groups excluding tert-OH is 1. The summed E-state index contributed by atoms with van der Waals surface area (Å²) in [6.07, 6.45) is 1.20. The monoisotopic (exact) mass is 313 g/mol. The van der Waals surface area contributed by atoms with Gasteiger partial charge in [0.2, 0.25) is 5.91 Å². The summed E-state index contributed by atoms with van der Waals surface area (Å²) in [4.78, 5) is 12.2. The van der Waals surface area contributed by atoms with Gasteiger partial charge in [-0.05, 0) is 29.7 Å². The van der Waals surface area contributed by atoms with Crippen LogP contribution >= 0.6 is 0 Å². The van der Waals surface area contributed by atoms with E-state index in [0.717, 1.165) is 23.3 Å². The average molecular weight is 313 g/mol. The number of hydrogen-bond acceptors (Lipinski definition) is 3. The van der Waals surface area contributed by atoms with E-state index >= 15 is 0 Å². The van der Waals surface area contributed by atoms with E-state index in [4.69, 9.17) is 4.74 Å². The first-order valence-electron chi connectivity index (χ1n) is 7.90. The molecule has 0 saturated heterocycles. The summed E-state index contributed by atoms with van der Waals surface area (Å²) in [6.45, 7) is 2.58. The van der Waals surface area contributed by atoms with Gasteiger partial charge in [-0.1, -0.05) is 49.4 Å². The Labute approximate surface area is 137 Å². The number of nitrogens with one attached hydrogen (secondary N) is 1. The van der Waals surface area contributed by atoms with E-state index in [1.165, 1.54) is 0 Å². The number of hydrogen-bond donors (Lipinski definition) is 2. The smallest absolute Gasteiger partial charge is 0.224 e. The highest BCUT2D eigenvalue weighted by molar-refractivity contribution is 5.79. The van der Waals surface area contributed by atoms with Gasteiger partial charge in [0.25, 0.3) is 0 Å². The van der Waals surface area contributed by atoms with E-state index in [1.54, 1.807) is 0 Å². The third kappa shape index (κ3) is 5.42. The number of rotatable bonds is 8. The lowest BCUT2D eigenvalue weighted by Crippen LogP contribution is -2.31. The minimum absolute atomic E-state index is 0.124. The Morgan fingerprint density at radius 1 is 1.17 bits per heavy atom. The van der Waals surface area contributed by atoms with E-state index < -0.39 is 0 Å². The molecule has 0 aliphatic heterocycles. The Hall–Kier alpha value is -2.33. The number of benzene rings is 2. The minimum atomic E-state index is -0.386. The third-order valence-corrected chi connectivity index (χ3v) is 3.46. The van der Waals surface area contributed by atoms with Crippen molar-refractivity contribution in [3.05, 3.63) is 65.7 Å². The third-order valence-electron chi connectivity index (χ3n) is 3.46. The zero-order chi connectivity index (χ0) is 16.5. The van der Waals surface area contributed by atoms with E-state index in [-0.39, 0.29) is 25.0 Å². The van der Waals surface area contributed by atoms with Crippen LogP contribution in [0.2, 0.25) is 0 Å². The molecule has 2 N–H and O–H groups in total. The largest absolute Gasteiger partial charge is 0.494 e. The highest BCUT2D eigenvalue weighted by Crippen LogP contribution is 2.15. The first-order chi connectivity index (χ1) is 11.2. The molecule has 2 rings (SSSR count).